The minimum Gasteiger partial charge on any atom is -0.385 e. The number of methoxy groups -OCH3 is 1. The van der Waals surface area contributed by atoms with Gasteiger partial charge in [0, 0.05) is 39.0 Å². The van der Waals surface area contributed by atoms with Crippen molar-refractivity contribution in [2.24, 2.45) is 5.92 Å². The Hall–Kier alpha value is -1.06. The Morgan fingerprint density at radius 3 is 2.95 bits per heavy atom. The van der Waals surface area contributed by atoms with Gasteiger partial charge in [-0.1, -0.05) is 26.0 Å². The second-order valence-electron chi connectivity index (χ2n) is 6.14. The maximum atomic E-state index is 5.23. The van der Waals surface area contributed by atoms with E-state index in [1.54, 1.807) is 7.11 Å². The molecule has 0 radical (unpaired) electrons. The highest BCUT2D eigenvalue weighted by molar-refractivity contribution is 5.54. The SMILES string of the molecule is COCCN(Cc1ccc2c(c1)CCCN2)CC(C)C. The Morgan fingerprint density at radius 2 is 2.20 bits per heavy atom. The second kappa shape index (κ2) is 7.65. The summed E-state index contributed by atoms with van der Waals surface area (Å²) in [5.41, 5.74) is 4.22. The standard InChI is InChI=1S/C17H28N2O/c1-14(2)12-19(9-10-20-3)13-15-6-7-17-16(11-15)5-4-8-18-17/h6-7,11,14,18H,4-5,8-10,12-13H2,1-3H3. The molecule has 1 N–H and O–H groups in total. The Bertz CT molecular complexity index is 417. The summed E-state index contributed by atoms with van der Waals surface area (Å²) in [5, 5.41) is 3.48. The van der Waals surface area contributed by atoms with E-state index in [9.17, 15) is 0 Å². The van der Waals surface area contributed by atoms with Gasteiger partial charge in [-0.3, -0.25) is 4.90 Å². The van der Waals surface area contributed by atoms with Crippen molar-refractivity contribution in [2.45, 2.75) is 33.2 Å². The van der Waals surface area contributed by atoms with Gasteiger partial charge in [0.2, 0.25) is 0 Å². The van der Waals surface area contributed by atoms with Crippen molar-refractivity contribution in [3.63, 3.8) is 0 Å². The van der Waals surface area contributed by atoms with Crippen LogP contribution in [-0.2, 0) is 17.7 Å². The van der Waals surface area contributed by atoms with Crippen LogP contribution in [-0.4, -0.2) is 38.3 Å². The van der Waals surface area contributed by atoms with Crippen LogP contribution in [0.2, 0.25) is 0 Å². The van der Waals surface area contributed by atoms with Crippen molar-refractivity contribution < 1.29 is 4.74 Å². The third kappa shape index (κ3) is 4.50. The van der Waals surface area contributed by atoms with E-state index in [4.69, 9.17) is 4.74 Å². The van der Waals surface area contributed by atoms with Crippen LogP contribution >= 0.6 is 0 Å². The molecule has 0 bridgehead atoms. The number of nitrogens with zero attached hydrogens (tertiary/aromatic N) is 1. The molecule has 0 spiro atoms. The zero-order chi connectivity index (χ0) is 14.4. The van der Waals surface area contributed by atoms with E-state index in [1.807, 2.05) is 0 Å². The molecular formula is C17H28N2O. The summed E-state index contributed by atoms with van der Waals surface area (Å²) < 4.78 is 5.23. The van der Waals surface area contributed by atoms with E-state index in [1.165, 1.54) is 29.7 Å². The van der Waals surface area contributed by atoms with Crippen molar-refractivity contribution in [2.75, 3.05) is 38.7 Å². The van der Waals surface area contributed by atoms with Gasteiger partial charge in [-0.25, -0.2) is 0 Å². The lowest BCUT2D eigenvalue weighted by molar-refractivity contribution is 0.136. The molecule has 112 valence electrons. The summed E-state index contributed by atoms with van der Waals surface area (Å²) in [6.07, 6.45) is 2.45. The molecule has 1 aromatic rings. The van der Waals surface area contributed by atoms with Gasteiger partial charge in [0.1, 0.15) is 0 Å². The molecule has 0 saturated carbocycles. The first kappa shape index (κ1) is 15.3. The molecule has 1 aliphatic rings. The van der Waals surface area contributed by atoms with Crippen molar-refractivity contribution in [1.82, 2.24) is 4.90 Å². The van der Waals surface area contributed by atoms with Crippen LogP contribution in [0.15, 0.2) is 18.2 Å². The molecule has 0 amide bonds. The second-order valence-corrected chi connectivity index (χ2v) is 6.14. The number of fused-ring (bicyclic) bond motifs is 1. The molecule has 1 aromatic carbocycles. The van der Waals surface area contributed by atoms with E-state index in [0.29, 0.717) is 5.92 Å². The lowest BCUT2D eigenvalue weighted by Gasteiger charge is -2.25. The number of hydrogen-bond donors (Lipinski definition) is 1. The molecule has 3 nitrogen and oxygen atoms in total. The number of anilines is 1. The van der Waals surface area contributed by atoms with Gasteiger partial charge >= 0.3 is 0 Å². The third-order valence-corrected chi connectivity index (χ3v) is 3.75. The predicted octanol–water partition coefficient (Wildman–Crippen LogP) is 3.15. The van der Waals surface area contributed by atoms with Gasteiger partial charge < -0.3 is 10.1 Å². The van der Waals surface area contributed by atoms with Crippen LogP contribution < -0.4 is 5.32 Å². The minimum atomic E-state index is 0.686. The van der Waals surface area contributed by atoms with E-state index in [0.717, 1.165) is 32.8 Å². The molecule has 1 heterocycles. The smallest absolute Gasteiger partial charge is 0.0589 e. The summed E-state index contributed by atoms with van der Waals surface area (Å²) in [6.45, 7) is 9.61. The molecule has 0 unspecified atom stereocenters. The fraction of sp³-hybridized carbons (Fsp3) is 0.647. The highest BCUT2D eigenvalue weighted by Crippen LogP contribution is 2.23. The van der Waals surface area contributed by atoms with Crippen LogP contribution in [0.5, 0.6) is 0 Å². The monoisotopic (exact) mass is 276 g/mol. The average Bonchev–Trinajstić information content (AvgIpc) is 2.44. The molecule has 0 saturated heterocycles. The van der Waals surface area contributed by atoms with Crippen LogP contribution in [0, 0.1) is 5.92 Å². The summed E-state index contributed by atoms with van der Waals surface area (Å²) in [6, 6.07) is 6.88. The number of hydrogen-bond acceptors (Lipinski definition) is 3. The number of ether oxygens (including phenoxy) is 1. The number of aryl methyl sites for hydroxylation is 1. The number of rotatable bonds is 7. The minimum absolute atomic E-state index is 0.686. The molecule has 0 aromatic heterocycles. The van der Waals surface area contributed by atoms with Gasteiger partial charge in [-0.05, 0) is 36.0 Å². The first-order valence-corrected chi connectivity index (χ1v) is 7.76. The van der Waals surface area contributed by atoms with Gasteiger partial charge in [-0.15, -0.1) is 0 Å². The van der Waals surface area contributed by atoms with Crippen molar-refractivity contribution in [1.29, 1.82) is 0 Å². The zero-order valence-corrected chi connectivity index (χ0v) is 13.1. The fourth-order valence-electron chi connectivity index (χ4n) is 2.86. The van der Waals surface area contributed by atoms with Gasteiger partial charge in [0.15, 0.2) is 0 Å². The molecule has 0 fully saturated rings. The van der Waals surface area contributed by atoms with Crippen molar-refractivity contribution in [3.8, 4) is 0 Å². The number of nitrogens with one attached hydrogen (secondary N) is 1. The van der Waals surface area contributed by atoms with Gasteiger partial charge in [0.05, 0.1) is 6.61 Å². The Balaban J connectivity index is 2.01. The predicted molar refractivity (Wildman–Crippen MR) is 85.2 cm³/mol. The van der Waals surface area contributed by atoms with Gasteiger partial charge in [0.25, 0.3) is 0 Å². The molecular weight excluding hydrogens is 248 g/mol. The topological polar surface area (TPSA) is 24.5 Å². The maximum Gasteiger partial charge on any atom is 0.0589 e. The fourth-order valence-corrected chi connectivity index (χ4v) is 2.86. The highest BCUT2D eigenvalue weighted by Gasteiger charge is 2.12. The molecule has 20 heavy (non-hydrogen) atoms. The zero-order valence-electron chi connectivity index (χ0n) is 13.1. The van der Waals surface area contributed by atoms with E-state index >= 15 is 0 Å². The van der Waals surface area contributed by atoms with Crippen LogP contribution in [0.4, 0.5) is 5.69 Å². The normalized spacial score (nSPS) is 14.4. The third-order valence-electron chi connectivity index (χ3n) is 3.75. The van der Waals surface area contributed by atoms with E-state index in [-0.39, 0.29) is 0 Å². The maximum absolute atomic E-state index is 5.23. The first-order chi connectivity index (χ1) is 9.69. The lowest BCUT2D eigenvalue weighted by atomic mass is 10.0. The summed E-state index contributed by atoms with van der Waals surface area (Å²) in [4.78, 5) is 2.49. The van der Waals surface area contributed by atoms with E-state index in [2.05, 4.69) is 42.3 Å². The average molecular weight is 276 g/mol. The Kier molecular flexibility index (Phi) is 5.86. The molecule has 0 aliphatic carbocycles. The largest absolute Gasteiger partial charge is 0.385 e. The summed E-state index contributed by atoms with van der Waals surface area (Å²) >= 11 is 0. The van der Waals surface area contributed by atoms with Crippen LogP contribution in [0.1, 0.15) is 31.4 Å². The molecule has 3 heteroatoms. The number of benzene rings is 1. The van der Waals surface area contributed by atoms with Crippen LogP contribution in [0.3, 0.4) is 0 Å². The quantitative estimate of drug-likeness (QED) is 0.828. The van der Waals surface area contributed by atoms with Gasteiger partial charge in [-0.2, -0.15) is 0 Å². The summed E-state index contributed by atoms with van der Waals surface area (Å²) in [5.74, 6) is 0.686. The Labute approximate surface area is 123 Å². The highest BCUT2D eigenvalue weighted by atomic mass is 16.5. The molecule has 0 atom stereocenters. The van der Waals surface area contributed by atoms with E-state index < -0.39 is 0 Å². The van der Waals surface area contributed by atoms with Crippen molar-refractivity contribution in [3.05, 3.63) is 29.3 Å². The Morgan fingerprint density at radius 1 is 1.35 bits per heavy atom. The summed E-state index contributed by atoms with van der Waals surface area (Å²) in [7, 11) is 1.78. The van der Waals surface area contributed by atoms with Crippen LogP contribution in [0.25, 0.3) is 0 Å². The first-order valence-electron chi connectivity index (χ1n) is 7.76. The molecule has 1 aliphatic heterocycles. The molecule has 2 rings (SSSR count). The van der Waals surface area contributed by atoms with Crippen molar-refractivity contribution >= 4 is 5.69 Å². The lowest BCUT2D eigenvalue weighted by Crippen LogP contribution is -2.30.